The van der Waals surface area contributed by atoms with Crippen LogP contribution in [-0.4, -0.2) is 5.45 Å². The predicted molar refractivity (Wildman–Crippen MR) is 48.6 cm³/mol. The lowest BCUT2D eigenvalue weighted by Crippen LogP contribution is -1.92. The zero-order valence-corrected chi connectivity index (χ0v) is 7.48. The van der Waals surface area contributed by atoms with E-state index in [-0.39, 0.29) is 0 Å². The van der Waals surface area contributed by atoms with Crippen molar-refractivity contribution >= 4 is 21.6 Å². The van der Waals surface area contributed by atoms with Crippen LogP contribution in [0, 0.1) is 6.92 Å². The van der Waals surface area contributed by atoms with Gasteiger partial charge < -0.3 is 5.32 Å². The molecule has 1 rings (SSSR count). The van der Waals surface area contributed by atoms with Crippen LogP contribution in [0.15, 0.2) is 24.3 Å². The standard InChI is InChI=1S/C8H10BrN/c1-7-2-4-8(5-3-7)10-6-9/h2-5,10H,6H2,1H3. The average molecular weight is 200 g/mol. The average Bonchev–Trinajstić information content (AvgIpc) is 1.95. The van der Waals surface area contributed by atoms with Gasteiger partial charge in [0, 0.05) is 5.69 Å². The van der Waals surface area contributed by atoms with E-state index in [0.717, 1.165) is 11.1 Å². The van der Waals surface area contributed by atoms with Crippen LogP contribution in [-0.2, 0) is 0 Å². The summed E-state index contributed by atoms with van der Waals surface area (Å²) in [6, 6.07) is 8.31. The molecule has 0 bridgehead atoms. The van der Waals surface area contributed by atoms with Crippen LogP contribution >= 0.6 is 15.9 Å². The molecule has 1 nitrogen and oxygen atoms in total. The number of hydrogen-bond acceptors (Lipinski definition) is 1. The first kappa shape index (κ1) is 7.61. The molecule has 0 spiro atoms. The van der Waals surface area contributed by atoms with Gasteiger partial charge in [0.25, 0.3) is 0 Å². The number of rotatable bonds is 2. The molecule has 0 aliphatic carbocycles. The first-order valence-electron chi connectivity index (χ1n) is 3.19. The van der Waals surface area contributed by atoms with Crippen molar-refractivity contribution in [3.8, 4) is 0 Å². The fourth-order valence-electron chi connectivity index (χ4n) is 0.749. The number of aryl methyl sites for hydroxylation is 1. The second kappa shape index (κ2) is 3.62. The Morgan fingerprint density at radius 3 is 2.40 bits per heavy atom. The van der Waals surface area contributed by atoms with Gasteiger partial charge in [0.05, 0.1) is 5.45 Å². The number of alkyl halides is 1. The Hall–Kier alpha value is -0.500. The topological polar surface area (TPSA) is 12.0 Å². The molecule has 0 saturated carbocycles. The second-order valence-corrected chi connectivity index (χ2v) is 2.74. The smallest absolute Gasteiger partial charge is 0.0707 e. The minimum Gasteiger partial charge on any atom is -0.375 e. The Labute approximate surface area is 69.6 Å². The van der Waals surface area contributed by atoms with E-state index in [2.05, 4.69) is 52.4 Å². The number of nitrogens with one attached hydrogen (secondary N) is 1. The van der Waals surface area contributed by atoms with E-state index in [0.29, 0.717) is 0 Å². The van der Waals surface area contributed by atoms with Gasteiger partial charge in [0.15, 0.2) is 0 Å². The monoisotopic (exact) mass is 199 g/mol. The second-order valence-electron chi connectivity index (χ2n) is 2.18. The van der Waals surface area contributed by atoms with Crippen LogP contribution < -0.4 is 5.32 Å². The molecule has 1 N–H and O–H groups in total. The van der Waals surface area contributed by atoms with Gasteiger partial charge >= 0.3 is 0 Å². The Morgan fingerprint density at radius 2 is 1.90 bits per heavy atom. The van der Waals surface area contributed by atoms with E-state index >= 15 is 0 Å². The minimum absolute atomic E-state index is 0.802. The molecule has 1 aromatic carbocycles. The molecule has 1 aromatic rings. The lowest BCUT2D eigenvalue weighted by Gasteiger charge is -2.00. The third kappa shape index (κ3) is 2.03. The number of halogens is 1. The Morgan fingerprint density at radius 1 is 1.30 bits per heavy atom. The number of anilines is 1. The molecule has 0 aromatic heterocycles. The molecule has 0 atom stereocenters. The maximum Gasteiger partial charge on any atom is 0.0707 e. The summed E-state index contributed by atoms with van der Waals surface area (Å²) in [5.74, 6) is 0. The van der Waals surface area contributed by atoms with Crippen LogP contribution in [0.5, 0.6) is 0 Å². The van der Waals surface area contributed by atoms with Gasteiger partial charge in [-0.1, -0.05) is 33.6 Å². The molecule has 0 fully saturated rings. The highest BCUT2D eigenvalue weighted by Gasteiger charge is 1.86. The van der Waals surface area contributed by atoms with E-state index < -0.39 is 0 Å². The van der Waals surface area contributed by atoms with Gasteiger partial charge in [-0.25, -0.2) is 0 Å². The van der Waals surface area contributed by atoms with Crippen molar-refractivity contribution < 1.29 is 0 Å². The Kier molecular flexibility index (Phi) is 2.75. The predicted octanol–water partition coefficient (Wildman–Crippen LogP) is 2.76. The summed E-state index contributed by atoms with van der Waals surface area (Å²) in [4.78, 5) is 0. The van der Waals surface area contributed by atoms with Gasteiger partial charge in [0.1, 0.15) is 0 Å². The van der Waals surface area contributed by atoms with Crippen molar-refractivity contribution in [2.24, 2.45) is 0 Å². The largest absolute Gasteiger partial charge is 0.375 e. The quantitative estimate of drug-likeness (QED) is 0.571. The third-order valence-corrected chi connectivity index (χ3v) is 1.60. The van der Waals surface area contributed by atoms with Crippen molar-refractivity contribution in [2.75, 3.05) is 10.8 Å². The van der Waals surface area contributed by atoms with E-state index in [4.69, 9.17) is 0 Å². The molecule has 54 valence electrons. The van der Waals surface area contributed by atoms with Crippen molar-refractivity contribution in [1.82, 2.24) is 0 Å². The van der Waals surface area contributed by atoms with Crippen molar-refractivity contribution in [3.63, 3.8) is 0 Å². The molecule has 0 aliphatic rings. The zero-order chi connectivity index (χ0) is 7.40. The summed E-state index contributed by atoms with van der Waals surface area (Å²) >= 11 is 3.29. The summed E-state index contributed by atoms with van der Waals surface area (Å²) in [6.45, 7) is 2.08. The number of benzene rings is 1. The molecule has 0 amide bonds. The van der Waals surface area contributed by atoms with Crippen molar-refractivity contribution in [2.45, 2.75) is 6.92 Å². The first-order valence-corrected chi connectivity index (χ1v) is 4.31. The molecule has 0 unspecified atom stereocenters. The molecular formula is C8H10BrN. The molecule has 0 heterocycles. The van der Waals surface area contributed by atoms with Gasteiger partial charge in [0.2, 0.25) is 0 Å². The molecule has 0 radical (unpaired) electrons. The van der Waals surface area contributed by atoms with E-state index in [1.807, 2.05) is 0 Å². The highest BCUT2D eigenvalue weighted by atomic mass is 79.9. The van der Waals surface area contributed by atoms with Crippen LogP contribution in [0.2, 0.25) is 0 Å². The van der Waals surface area contributed by atoms with Crippen LogP contribution in [0.3, 0.4) is 0 Å². The zero-order valence-electron chi connectivity index (χ0n) is 5.89. The molecule has 0 aliphatic heterocycles. The summed E-state index contributed by atoms with van der Waals surface area (Å²) < 4.78 is 0. The minimum atomic E-state index is 0.802. The van der Waals surface area contributed by atoms with Crippen LogP contribution in [0.4, 0.5) is 5.69 Å². The van der Waals surface area contributed by atoms with Gasteiger partial charge in [-0.2, -0.15) is 0 Å². The SMILES string of the molecule is Cc1ccc(NCBr)cc1. The maximum atomic E-state index is 3.29. The van der Waals surface area contributed by atoms with E-state index in [1.165, 1.54) is 5.56 Å². The summed E-state index contributed by atoms with van der Waals surface area (Å²) in [6.07, 6.45) is 0. The fraction of sp³-hybridized carbons (Fsp3) is 0.250. The van der Waals surface area contributed by atoms with Crippen molar-refractivity contribution in [1.29, 1.82) is 0 Å². The van der Waals surface area contributed by atoms with Gasteiger partial charge in [-0.3, -0.25) is 0 Å². The molecular weight excluding hydrogens is 190 g/mol. The molecule has 0 saturated heterocycles. The van der Waals surface area contributed by atoms with E-state index in [1.54, 1.807) is 0 Å². The van der Waals surface area contributed by atoms with Gasteiger partial charge in [-0.05, 0) is 19.1 Å². The lowest BCUT2D eigenvalue weighted by atomic mass is 10.2. The molecule has 2 heteroatoms. The Balaban J connectivity index is 2.69. The van der Waals surface area contributed by atoms with Crippen LogP contribution in [0.25, 0.3) is 0 Å². The molecule has 10 heavy (non-hydrogen) atoms. The van der Waals surface area contributed by atoms with E-state index in [9.17, 15) is 0 Å². The summed E-state index contributed by atoms with van der Waals surface area (Å²) in [5, 5.41) is 3.15. The summed E-state index contributed by atoms with van der Waals surface area (Å²) in [5.41, 5.74) is 3.25. The highest BCUT2D eigenvalue weighted by molar-refractivity contribution is 9.09. The van der Waals surface area contributed by atoms with Crippen molar-refractivity contribution in [3.05, 3.63) is 29.8 Å². The normalized spacial score (nSPS) is 9.40. The first-order chi connectivity index (χ1) is 4.83. The maximum absolute atomic E-state index is 3.29. The fourth-order valence-corrected chi connectivity index (χ4v) is 1.07. The third-order valence-electron chi connectivity index (χ3n) is 1.32. The Bertz CT molecular complexity index is 193. The lowest BCUT2D eigenvalue weighted by molar-refractivity contribution is 1.42. The van der Waals surface area contributed by atoms with Crippen LogP contribution in [0.1, 0.15) is 5.56 Å². The summed E-state index contributed by atoms with van der Waals surface area (Å²) in [7, 11) is 0. The highest BCUT2D eigenvalue weighted by Crippen LogP contribution is 2.08. The number of hydrogen-bond donors (Lipinski definition) is 1. The van der Waals surface area contributed by atoms with Gasteiger partial charge in [-0.15, -0.1) is 0 Å².